The van der Waals surface area contributed by atoms with E-state index in [0.29, 0.717) is 19.6 Å². The fourth-order valence-corrected chi connectivity index (χ4v) is 7.13. The quantitative estimate of drug-likeness (QED) is 0.0348. The normalized spacial score (nSPS) is 12.6. The molecule has 0 radical (unpaired) electrons. The number of ether oxygens (including phenoxy) is 3. The molecule has 0 heterocycles. The summed E-state index contributed by atoms with van der Waals surface area (Å²) < 4.78 is 18.0. The van der Waals surface area contributed by atoms with Crippen LogP contribution < -0.4 is 0 Å². The molecule has 6 heteroatoms. The summed E-state index contributed by atoms with van der Waals surface area (Å²) in [5, 5.41) is 0. The van der Waals surface area contributed by atoms with Crippen molar-refractivity contribution in [3.05, 3.63) is 24.3 Å². The van der Waals surface area contributed by atoms with Crippen molar-refractivity contribution in [3.63, 3.8) is 0 Å². The van der Waals surface area contributed by atoms with Gasteiger partial charge in [0.1, 0.15) is 12.7 Å². The third-order valence-corrected chi connectivity index (χ3v) is 11.2. The number of carbonyl (C=O) groups is 1. The molecule has 0 saturated heterocycles. The van der Waals surface area contributed by atoms with Crippen LogP contribution in [0.4, 0.5) is 0 Å². The minimum atomic E-state index is -0.187. The van der Waals surface area contributed by atoms with E-state index in [1.807, 2.05) is 0 Å². The molecule has 6 nitrogen and oxygen atoms in total. The van der Waals surface area contributed by atoms with Crippen molar-refractivity contribution in [1.29, 1.82) is 0 Å². The Morgan fingerprint density at radius 2 is 0.911 bits per heavy atom. The average Bonchev–Trinajstić information content (AvgIpc) is 3.20. The largest absolute Gasteiger partial charge is 0.463 e. The summed E-state index contributed by atoms with van der Waals surface area (Å²) in [6.45, 7) is 16.4. The Bertz CT molecular complexity index is 830. The second kappa shape index (κ2) is 46.5. The van der Waals surface area contributed by atoms with E-state index in [-0.39, 0.29) is 18.7 Å². The van der Waals surface area contributed by atoms with E-state index in [1.165, 1.54) is 167 Å². The third kappa shape index (κ3) is 42.4. The van der Waals surface area contributed by atoms with Crippen molar-refractivity contribution >= 4 is 5.97 Å². The molecule has 0 aliphatic carbocycles. The number of esters is 1. The van der Waals surface area contributed by atoms with Gasteiger partial charge in [0.05, 0.1) is 6.61 Å². The molecule has 332 valence electrons. The first-order valence-electron chi connectivity index (χ1n) is 24.6. The lowest BCUT2D eigenvalue weighted by molar-refractivity contribution is -0.150. The van der Waals surface area contributed by atoms with Crippen LogP contribution >= 0.6 is 0 Å². The van der Waals surface area contributed by atoms with Gasteiger partial charge in [0, 0.05) is 32.7 Å². The predicted molar refractivity (Wildman–Crippen MR) is 245 cm³/mol. The molecule has 0 N–H and O–H groups in total. The van der Waals surface area contributed by atoms with Gasteiger partial charge in [0.2, 0.25) is 0 Å². The van der Waals surface area contributed by atoms with Crippen LogP contribution in [0.3, 0.4) is 0 Å². The maximum Gasteiger partial charge on any atom is 0.305 e. The van der Waals surface area contributed by atoms with Crippen LogP contribution in [-0.2, 0) is 19.0 Å². The zero-order valence-electron chi connectivity index (χ0n) is 38.5. The van der Waals surface area contributed by atoms with Crippen molar-refractivity contribution < 1.29 is 19.0 Å². The summed E-state index contributed by atoms with van der Waals surface area (Å²) >= 11 is 0. The molecule has 0 saturated carbocycles. The van der Waals surface area contributed by atoms with Crippen molar-refractivity contribution in [2.24, 2.45) is 0 Å². The Labute approximate surface area is 350 Å². The Morgan fingerprint density at radius 3 is 1.38 bits per heavy atom. The molecular weight excluding hydrogens is 693 g/mol. The summed E-state index contributed by atoms with van der Waals surface area (Å²) in [7, 11) is 2.14. The van der Waals surface area contributed by atoms with Gasteiger partial charge in [0.25, 0.3) is 0 Å². The first-order valence-corrected chi connectivity index (χ1v) is 24.6. The molecule has 56 heavy (non-hydrogen) atoms. The van der Waals surface area contributed by atoms with Crippen LogP contribution in [0.1, 0.15) is 220 Å². The fourth-order valence-electron chi connectivity index (χ4n) is 7.13. The minimum Gasteiger partial charge on any atom is -0.463 e. The second-order valence-electron chi connectivity index (χ2n) is 16.6. The molecule has 0 amide bonds. The average molecular weight is 791 g/mol. The van der Waals surface area contributed by atoms with Gasteiger partial charge < -0.3 is 24.0 Å². The molecular formula is C50H98N2O4. The van der Waals surface area contributed by atoms with Crippen molar-refractivity contribution in [2.45, 2.75) is 226 Å². The van der Waals surface area contributed by atoms with Gasteiger partial charge in [-0.15, -0.1) is 0 Å². The van der Waals surface area contributed by atoms with E-state index in [0.717, 1.165) is 58.6 Å². The molecule has 0 aromatic carbocycles. The number of hydrogen-bond acceptors (Lipinski definition) is 6. The Hall–Kier alpha value is -1.21. The number of rotatable bonds is 46. The van der Waals surface area contributed by atoms with E-state index in [4.69, 9.17) is 14.2 Å². The Kier molecular flexibility index (Phi) is 45.5. The summed E-state index contributed by atoms with van der Waals surface area (Å²) in [5.41, 5.74) is 0. The van der Waals surface area contributed by atoms with Crippen LogP contribution in [0, 0.1) is 0 Å². The molecule has 0 bridgehead atoms. The van der Waals surface area contributed by atoms with Crippen molar-refractivity contribution in [2.75, 3.05) is 66.2 Å². The van der Waals surface area contributed by atoms with Crippen LogP contribution in [-0.4, -0.2) is 88.1 Å². The number of allylic oxidation sites excluding steroid dienone is 4. The van der Waals surface area contributed by atoms with Crippen molar-refractivity contribution in [1.82, 2.24) is 9.80 Å². The molecule has 1 unspecified atom stereocenters. The molecule has 1 atom stereocenters. The minimum absolute atomic E-state index is 0.124. The maximum absolute atomic E-state index is 12.6. The molecule has 0 aliphatic heterocycles. The molecule has 0 aromatic heterocycles. The zero-order valence-corrected chi connectivity index (χ0v) is 38.5. The second-order valence-corrected chi connectivity index (χ2v) is 16.6. The summed E-state index contributed by atoms with van der Waals surface area (Å²) in [4.78, 5) is 17.4. The molecule has 0 aliphatic rings. The van der Waals surface area contributed by atoms with Crippen LogP contribution in [0.25, 0.3) is 0 Å². The van der Waals surface area contributed by atoms with Crippen LogP contribution in [0.2, 0.25) is 0 Å². The van der Waals surface area contributed by atoms with E-state index < -0.39 is 0 Å². The lowest BCUT2D eigenvalue weighted by Gasteiger charge is -2.23. The Balaban J connectivity index is 4.20. The zero-order chi connectivity index (χ0) is 40.8. The number of unbranched alkanes of at least 4 members (excludes halogenated alkanes) is 24. The molecule has 0 aromatic rings. The first kappa shape index (κ1) is 54.8. The van der Waals surface area contributed by atoms with Gasteiger partial charge in [-0.1, -0.05) is 168 Å². The summed E-state index contributed by atoms with van der Waals surface area (Å²) in [6.07, 6.45) is 47.2. The molecule has 0 fully saturated rings. The fraction of sp³-hybridized carbons (Fsp3) is 0.900. The number of hydrogen-bond donors (Lipinski definition) is 0. The molecule has 0 rings (SSSR count). The third-order valence-electron chi connectivity index (χ3n) is 11.2. The number of carbonyl (C=O) groups excluding carboxylic acids is 1. The SMILES string of the molecule is CCCCCCCC/C=C\CCCCCCCCOCC(COC(=O)CCCN(C)CCN(CC)CC)OCCCCCCCC/C=C\CCCCCCCC. The maximum atomic E-state index is 12.6. The highest BCUT2D eigenvalue weighted by atomic mass is 16.6. The highest BCUT2D eigenvalue weighted by Crippen LogP contribution is 2.13. The highest BCUT2D eigenvalue weighted by Gasteiger charge is 2.14. The number of nitrogens with zero attached hydrogens (tertiary/aromatic N) is 2. The Morgan fingerprint density at radius 1 is 0.482 bits per heavy atom. The summed E-state index contributed by atoms with van der Waals surface area (Å²) in [6, 6.07) is 0. The monoisotopic (exact) mass is 791 g/mol. The van der Waals surface area contributed by atoms with E-state index in [9.17, 15) is 4.79 Å². The van der Waals surface area contributed by atoms with Gasteiger partial charge in [-0.2, -0.15) is 0 Å². The number of likely N-dealkylation sites (N-methyl/N-ethyl adjacent to an activating group) is 2. The van der Waals surface area contributed by atoms with Gasteiger partial charge >= 0.3 is 5.97 Å². The van der Waals surface area contributed by atoms with Crippen LogP contribution in [0.5, 0.6) is 0 Å². The van der Waals surface area contributed by atoms with E-state index in [2.05, 4.69) is 68.8 Å². The van der Waals surface area contributed by atoms with Gasteiger partial charge in [-0.25, -0.2) is 0 Å². The standard InChI is InChI=1S/C50H98N2O4/c1-6-10-12-14-16-18-20-22-24-26-28-30-32-34-36-38-45-54-47-49(48-56-50(53)41-40-42-51(5)43-44-52(8-3)9-4)55-46-39-37-35-33-31-29-27-25-23-21-19-17-15-13-11-7-2/h22-25,49H,6-21,26-48H2,1-5H3/b24-22-,25-23-. The predicted octanol–water partition coefficient (Wildman–Crippen LogP) is 14.1. The lowest BCUT2D eigenvalue weighted by Crippen LogP contribution is -2.33. The molecule has 0 spiro atoms. The van der Waals surface area contributed by atoms with Crippen molar-refractivity contribution in [3.8, 4) is 0 Å². The van der Waals surface area contributed by atoms with Gasteiger partial charge in [0.15, 0.2) is 0 Å². The van der Waals surface area contributed by atoms with Crippen LogP contribution in [0.15, 0.2) is 24.3 Å². The van der Waals surface area contributed by atoms with E-state index >= 15 is 0 Å². The van der Waals surface area contributed by atoms with Gasteiger partial charge in [-0.3, -0.25) is 4.79 Å². The lowest BCUT2D eigenvalue weighted by atomic mass is 10.1. The van der Waals surface area contributed by atoms with E-state index in [1.54, 1.807) is 0 Å². The highest BCUT2D eigenvalue weighted by molar-refractivity contribution is 5.69. The topological polar surface area (TPSA) is 51.2 Å². The first-order chi connectivity index (χ1) is 27.6. The summed E-state index contributed by atoms with van der Waals surface area (Å²) in [5.74, 6) is -0.124. The smallest absolute Gasteiger partial charge is 0.305 e. The van der Waals surface area contributed by atoms with Gasteiger partial charge in [-0.05, 0) is 97.3 Å².